The van der Waals surface area contributed by atoms with Gasteiger partial charge in [0.1, 0.15) is 17.9 Å². The monoisotopic (exact) mass is 780 g/mol. The number of aromatic nitrogens is 3. The van der Waals surface area contributed by atoms with Gasteiger partial charge in [0.25, 0.3) is 5.91 Å². The van der Waals surface area contributed by atoms with E-state index in [0.717, 1.165) is 59.0 Å². The summed E-state index contributed by atoms with van der Waals surface area (Å²) in [7, 11) is 2.55. The van der Waals surface area contributed by atoms with E-state index in [1.807, 2.05) is 76.2 Å². The van der Waals surface area contributed by atoms with E-state index in [2.05, 4.69) is 30.9 Å². The van der Waals surface area contributed by atoms with Gasteiger partial charge in [0.15, 0.2) is 0 Å². The fraction of sp³-hybridized carbons (Fsp3) is 0.452. The van der Waals surface area contributed by atoms with Gasteiger partial charge in [-0.3, -0.25) is 19.4 Å². The number of hydrogen-bond donors (Lipinski definition) is 4. The van der Waals surface area contributed by atoms with Crippen LogP contribution in [0.25, 0.3) is 33.3 Å². The maximum absolute atomic E-state index is 13.5. The van der Waals surface area contributed by atoms with Crippen LogP contribution in [0.4, 0.5) is 9.59 Å². The second-order valence-corrected chi connectivity index (χ2v) is 15.3. The van der Waals surface area contributed by atoms with Crippen molar-refractivity contribution in [1.29, 1.82) is 0 Å². The first-order valence-electron chi connectivity index (χ1n) is 19.5. The highest BCUT2D eigenvalue weighted by atomic mass is 16.5. The number of amides is 5. The molecule has 4 atom stereocenters. The van der Waals surface area contributed by atoms with E-state index in [0.29, 0.717) is 24.5 Å². The summed E-state index contributed by atoms with van der Waals surface area (Å²) in [5, 5.41) is 9.13. The van der Waals surface area contributed by atoms with E-state index in [1.165, 1.54) is 14.2 Å². The minimum atomic E-state index is -0.720. The molecule has 5 amide bonds. The average Bonchev–Trinajstić information content (AvgIpc) is 4.01. The number of ether oxygens (including phenoxy) is 2. The lowest BCUT2D eigenvalue weighted by molar-refractivity contribution is -0.136. The Bertz CT molecular complexity index is 2100. The molecule has 0 aliphatic carbocycles. The Labute approximate surface area is 332 Å². The number of rotatable bonds is 12. The van der Waals surface area contributed by atoms with Crippen molar-refractivity contribution in [3.8, 4) is 22.4 Å². The molecule has 4 unspecified atom stereocenters. The van der Waals surface area contributed by atoms with Crippen LogP contribution in [-0.4, -0.2) is 107 Å². The summed E-state index contributed by atoms with van der Waals surface area (Å²) in [6.07, 6.45) is 5.21. The molecule has 2 aromatic carbocycles. The maximum atomic E-state index is 13.5. The quantitative estimate of drug-likeness (QED) is 0.145. The number of imidazole rings is 1. The standard InChI is InChI=1S/C42H52N8O7/c1-24(2)35(47-41(54)56-5)39(52)49-17-7-9-31(49)22-45-38(51)30-19-29-16-15-28(20-32(29)43-21-30)26-11-13-27(14-12-26)33-23-44-37(46-33)34-10-8-18-50(34)40(53)36(25(3)4)48-42(55)57-6/h11-16,19-21,23-25,31,34-36H,7-10,17-18,22H2,1-6H3,(H,44,46)(H,45,51)(H,47,54)(H,48,55). The van der Waals surface area contributed by atoms with Crippen LogP contribution in [0, 0.1) is 11.8 Å². The van der Waals surface area contributed by atoms with Crippen LogP contribution >= 0.6 is 0 Å². The minimum Gasteiger partial charge on any atom is -0.453 e. The molecule has 2 fully saturated rings. The molecule has 0 bridgehead atoms. The van der Waals surface area contributed by atoms with Crippen molar-refractivity contribution >= 4 is 40.8 Å². The number of likely N-dealkylation sites (tertiary alicyclic amines) is 2. The van der Waals surface area contributed by atoms with Crippen molar-refractivity contribution in [2.45, 2.75) is 77.5 Å². The summed E-state index contributed by atoms with van der Waals surface area (Å²) in [5.41, 5.74) is 4.90. The first-order valence-corrected chi connectivity index (χ1v) is 19.5. The van der Waals surface area contributed by atoms with Crippen molar-refractivity contribution in [2.24, 2.45) is 11.8 Å². The molecule has 302 valence electrons. The van der Waals surface area contributed by atoms with Gasteiger partial charge < -0.3 is 40.2 Å². The summed E-state index contributed by atoms with van der Waals surface area (Å²) in [6.45, 7) is 8.93. The van der Waals surface area contributed by atoms with Gasteiger partial charge >= 0.3 is 12.2 Å². The van der Waals surface area contributed by atoms with Gasteiger partial charge in [-0.15, -0.1) is 0 Å². The van der Waals surface area contributed by atoms with Gasteiger partial charge in [-0.2, -0.15) is 0 Å². The molecule has 2 aromatic heterocycles. The topological polar surface area (TPSA) is 188 Å². The van der Waals surface area contributed by atoms with Crippen LogP contribution in [0.2, 0.25) is 0 Å². The van der Waals surface area contributed by atoms with Crippen LogP contribution in [0.5, 0.6) is 0 Å². The number of H-pyrrole nitrogens is 1. The molecule has 57 heavy (non-hydrogen) atoms. The third-order valence-electron chi connectivity index (χ3n) is 10.9. The molecule has 2 aliphatic rings. The smallest absolute Gasteiger partial charge is 0.407 e. The highest BCUT2D eigenvalue weighted by Gasteiger charge is 2.38. The van der Waals surface area contributed by atoms with Gasteiger partial charge in [-0.05, 0) is 66.3 Å². The summed E-state index contributed by atoms with van der Waals surface area (Å²) >= 11 is 0. The fourth-order valence-electron chi connectivity index (χ4n) is 7.64. The van der Waals surface area contributed by atoms with Crippen molar-refractivity contribution in [3.63, 3.8) is 0 Å². The maximum Gasteiger partial charge on any atom is 0.407 e. The van der Waals surface area contributed by atoms with E-state index >= 15 is 0 Å². The number of aromatic amines is 1. The molecule has 0 spiro atoms. The minimum absolute atomic E-state index is 0.116. The number of fused-ring (bicyclic) bond motifs is 1. The lowest BCUT2D eigenvalue weighted by Crippen LogP contribution is -2.54. The first-order chi connectivity index (χ1) is 27.4. The highest BCUT2D eigenvalue weighted by molar-refractivity contribution is 5.98. The number of nitrogens with one attached hydrogen (secondary N) is 4. The number of benzene rings is 2. The van der Waals surface area contributed by atoms with Gasteiger partial charge in [-0.25, -0.2) is 14.6 Å². The number of carbonyl (C=O) groups excluding carboxylic acids is 5. The first kappa shape index (κ1) is 40.7. The molecular formula is C42H52N8O7. The van der Waals surface area contributed by atoms with Crippen LogP contribution in [-0.2, 0) is 19.1 Å². The van der Waals surface area contributed by atoms with Gasteiger partial charge in [0, 0.05) is 37.3 Å². The summed E-state index contributed by atoms with van der Waals surface area (Å²) in [5.74, 6) is -0.164. The SMILES string of the molecule is COC(=O)NC(C(=O)N1CCCC1CNC(=O)c1cnc2cc(-c3ccc(-c4cnc(C5CCCN5C(=O)C(NC(=O)OC)C(C)C)[nH]4)cc3)ccc2c1)C(C)C. The van der Waals surface area contributed by atoms with Gasteiger partial charge in [0.05, 0.1) is 43.2 Å². The van der Waals surface area contributed by atoms with E-state index in [1.54, 1.807) is 22.2 Å². The normalized spacial score (nSPS) is 17.8. The van der Waals surface area contributed by atoms with E-state index in [9.17, 15) is 24.0 Å². The van der Waals surface area contributed by atoms with E-state index in [-0.39, 0.29) is 48.2 Å². The molecule has 15 heteroatoms. The molecular weight excluding hydrogens is 729 g/mol. The number of hydrogen-bond acceptors (Lipinski definition) is 9. The van der Waals surface area contributed by atoms with E-state index in [4.69, 9.17) is 9.47 Å². The third-order valence-corrected chi connectivity index (χ3v) is 10.9. The number of alkyl carbamates (subject to hydrolysis) is 2. The zero-order chi connectivity index (χ0) is 40.8. The Balaban J connectivity index is 1.08. The lowest BCUT2D eigenvalue weighted by Gasteiger charge is -2.30. The summed E-state index contributed by atoms with van der Waals surface area (Å²) in [6, 6.07) is 14.0. The second kappa shape index (κ2) is 17.9. The Morgan fingerprint density at radius 2 is 1.35 bits per heavy atom. The number of methoxy groups -OCH3 is 2. The molecule has 0 saturated carbocycles. The summed E-state index contributed by atoms with van der Waals surface area (Å²) < 4.78 is 9.46. The zero-order valence-corrected chi connectivity index (χ0v) is 33.3. The fourth-order valence-corrected chi connectivity index (χ4v) is 7.64. The van der Waals surface area contributed by atoms with Crippen LogP contribution < -0.4 is 16.0 Å². The summed E-state index contributed by atoms with van der Waals surface area (Å²) in [4.78, 5) is 80.2. The molecule has 4 aromatic rings. The Morgan fingerprint density at radius 3 is 2.00 bits per heavy atom. The average molecular weight is 781 g/mol. The van der Waals surface area contributed by atoms with Crippen LogP contribution in [0.15, 0.2) is 60.9 Å². The highest BCUT2D eigenvalue weighted by Crippen LogP contribution is 2.33. The van der Waals surface area contributed by atoms with Gasteiger partial charge in [0.2, 0.25) is 11.8 Å². The molecule has 4 heterocycles. The molecule has 2 aliphatic heterocycles. The second-order valence-electron chi connectivity index (χ2n) is 15.3. The molecule has 4 N–H and O–H groups in total. The molecule has 15 nitrogen and oxygen atoms in total. The Kier molecular flexibility index (Phi) is 12.7. The van der Waals surface area contributed by atoms with Crippen molar-refractivity contribution in [2.75, 3.05) is 33.9 Å². The Morgan fingerprint density at radius 1 is 0.754 bits per heavy atom. The Hall–Kier alpha value is -5.99. The predicted octanol–water partition coefficient (Wildman–Crippen LogP) is 5.44. The van der Waals surface area contributed by atoms with Crippen molar-refractivity contribution in [3.05, 3.63) is 72.3 Å². The van der Waals surface area contributed by atoms with E-state index < -0.39 is 24.3 Å². The molecule has 2 saturated heterocycles. The predicted molar refractivity (Wildman–Crippen MR) is 214 cm³/mol. The van der Waals surface area contributed by atoms with Crippen molar-refractivity contribution in [1.82, 2.24) is 40.7 Å². The number of pyridine rings is 1. The third kappa shape index (κ3) is 9.19. The number of carbonyl (C=O) groups is 5. The molecule has 6 rings (SSSR count). The largest absolute Gasteiger partial charge is 0.453 e. The lowest BCUT2D eigenvalue weighted by atomic mass is 10.0. The zero-order valence-electron chi connectivity index (χ0n) is 33.3. The van der Waals surface area contributed by atoms with Crippen LogP contribution in [0.1, 0.15) is 75.6 Å². The number of nitrogens with zero attached hydrogens (tertiary/aromatic N) is 4. The molecule has 0 radical (unpaired) electrons. The van der Waals surface area contributed by atoms with Crippen molar-refractivity contribution < 1.29 is 33.4 Å². The van der Waals surface area contributed by atoms with Gasteiger partial charge in [-0.1, -0.05) is 64.1 Å². The van der Waals surface area contributed by atoms with Crippen LogP contribution in [0.3, 0.4) is 0 Å².